The van der Waals surface area contributed by atoms with Gasteiger partial charge in [-0.15, -0.1) is 0 Å². The maximum Gasteiger partial charge on any atom is 0.319 e. The summed E-state index contributed by atoms with van der Waals surface area (Å²) in [4.78, 5) is 18.9. The number of likely N-dealkylation sites (tertiary alicyclic amines) is 1. The molecule has 13 nitrogen and oxygen atoms in total. The van der Waals surface area contributed by atoms with E-state index in [9.17, 15) is 10.4 Å². The average Bonchev–Trinajstić information content (AvgIpc) is 3.75. The molecule has 3 aromatic heterocycles. The molecule has 2 aliphatic heterocycles. The third kappa shape index (κ3) is 6.41. The van der Waals surface area contributed by atoms with Gasteiger partial charge in [-0.2, -0.15) is 20.3 Å². The van der Waals surface area contributed by atoms with Crippen molar-refractivity contribution in [1.29, 1.82) is 5.26 Å². The lowest BCUT2D eigenvalue weighted by atomic mass is 9.62. The molecule has 4 fully saturated rings. The number of H-pyrrole nitrogens is 1. The topological polar surface area (TPSA) is 155 Å². The van der Waals surface area contributed by atoms with Crippen molar-refractivity contribution in [2.45, 2.75) is 82.9 Å². The second kappa shape index (κ2) is 14.3. The van der Waals surface area contributed by atoms with E-state index < -0.39 is 11.4 Å². The molecule has 2 N–H and O–H groups in total. The highest BCUT2D eigenvalue weighted by molar-refractivity contribution is 6.35. The number of ether oxygens (including phenoxy) is 4. The Morgan fingerprint density at radius 3 is 2.78 bits per heavy atom. The van der Waals surface area contributed by atoms with Crippen LogP contribution in [0.1, 0.15) is 63.9 Å². The van der Waals surface area contributed by atoms with E-state index in [1.807, 2.05) is 17.9 Å². The molecule has 5 heterocycles. The van der Waals surface area contributed by atoms with Crippen molar-refractivity contribution < 1.29 is 28.4 Å². The van der Waals surface area contributed by atoms with Gasteiger partial charge in [0.2, 0.25) is 5.88 Å². The highest BCUT2D eigenvalue weighted by atomic mass is 35.5. The van der Waals surface area contributed by atoms with Gasteiger partial charge in [0.25, 0.3) is 0 Å². The fourth-order valence-corrected chi connectivity index (χ4v) is 9.88. The van der Waals surface area contributed by atoms with Gasteiger partial charge >= 0.3 is 6.01 Å². The van der Waals surface area contributed by atoms with Crippen LogP contribution in [0.4, 0.5) is 10.2 Å². The van der Waals surface area contributed by atoms with E-state index in [1.54, 1.807) is 20.2 Å². The van der Waals surface area contributed by atoms with E-state index >= 15 is 4.39 Å². The number of nitrogens with one attached hydrogen (secondary N) is 1. The van der Waals surface area contributed by atoms with Crippen LogP contribution in [0.2, 0.25) is 5.02 Å². The van der Waals surface area contributed by atoms with Gasteiger partial charge in [0.05, 0.1) is 61.7 Å². The summed E-state index contributed by atoms with van der Waals surface area (Å²) in [6.07, 6.45) is 9.24. The lowest BCUT2D eigenvalue weighted by molar-refractivity contribution is -0.0712. The van der Waals surface area contributed by atoms with Crippen LogP contribution in [-0.4, -0.2) is 113 Å². The highest BCUT2D eigenvalue weighted by Gasteiger charge is 2.55. The van der Waals surface area contributed by atoms with Crippen molar-refractivity contribution >= 4 is 39.2 Å². The van der Waals surface area contributed by atoms with E-state index in [2.05, 4.69) is 21.2 Å². The number of hydrogen-bond acceptors (Lipinski definition) is 12. The van der Waals surface area contributed by atoms with Crippen molar-refractivity contribution in [2.75, 3.05) is 65.2 Å². The molecular weight excluding hydrogens is 715 g/mol. The SMILES string of the molecule is COCCC1(C#N)CC(N2CCC[C@@]3(COc4nc(N5CCOC[C@@](C)(O)C5)c5c(OC)nc(-c6c(Cl)c(C)cc7[nH]ncc67)c(F)c5n4)CCC[C@@H]23)C1. The quantitative estimate of drug-likeness (QED) is 0.195. The molecule has 288 valence electrons. The first kappa shape index (κ1) is 37.1. The summed E-state index contributed by atoms with van der Waals surface area (Å²) < 4.78 is 40.8. The first-order valence-corrected chi connectivity index (χ1v) is 19.3. The second-order valence-corrected chi connectivity index (χ2v) is 16.5. The van der Waals surface area contributed by atoms with E-state index in [4.69, 9.17) is 45.5 Å². The normalized spacial score (nSPS) is 28.8. The molecule has 0 bridgehead atoms. The van der Waals surface area contributed by atoms with Gasteiger partial charge in [-0.1, -0.05) is 18.0 Å². The summed E-state index contributed by atoms with van der Waals surface area (Å²) in [7, 11) is 3.16. The standard InChI is InChI=1S/C39H48ClFN8O5/c1-23-15-26-25(18-43-47-26)28(30(23)40)32-31(41)33-29(35(44-32)52-4)34(48-12-14-53-21-37(2,50)20-48)46-36(45-33)54-22-39-8-5-7-27(39)49(11-6-9-39)24-16-38(17-24,19-42)10-13-51-3/h15,18,24,27,50H,5-14,16-17,20-22H2,1-4H3,(H,43,47)/t24?,27-,37+,38?,39-/m1/s1. The van der Waals surface area contributed by atoms with E-state index in [0.29, 0.717) is 65.8 Å². The maximum absolute atomic E-state index is 17.3. The summed E-state index contributed by atoms with van der Waals surface area (Å²) in [5.74, 6) is -0.255. The number of benzene rings is 1. The Morgan fingerprint density at radius 2 is 2.00 bits per heavy atom. The lowest BCUT2D eigenvalue weighted by Gasteiger charge is -2.55. The summed E-state index contributed by atoms with van der Waals surface area (Å²) >= 11 is 6.88. The van der Waals surface area contributed by atoms with Crippen molar-refractivity contribution in [1.82, 2.24) is 30.0 Å². The van der Waals surface area contributed by atoms with Crippen LogP contribution in [-0.2, 0) is 9.47 Å². The molecule has 2 saturated carbocycles. The number of rotatable bonds is 10. The molecular formula is C39H48ClFN8O5. The fourth-order valence-electron chi connectivity index (χ4n) is 9.64. The number of nitriles is 1. The number of aromatic amines is 1. The van der Waals surface area contributed by atoms with Gasteiger partial charge in [0.15, 0.2) is 5.82 Å². The predicted octanol–water partition coefficient (Wildman–Crippen LogP) is 5.99. The molecule has 0 radical (unpaired) electrons. The number of aliphatic hydroxyl groups is 1. The number of aryl methyl sites for hydroxylation is 1. The van der Waals surface area contributed by atoms with E-state index in [0.717, 1.165) is 63.5 Å². The monoisotopic (exact) mass is 762 g/mol. The minimum absolute atomic E-state index is 0.0278. The molecule has 3 atom stereocenters. The van der Waals surface area contributed by atoms with Crippen molar-refractivity contribution in [2.24, 2.45) is 10.8 Å². The van der Waals surface area contributed by atoms with E-state index in [-0.39, 0.29) is 52.5 Å². The number of methoxy groups -OCH3 is 2. The van der Waals surface area contributed by atoms with Crippen molar-refractivity contribution in [3.63, 3.8) is 0 Å². The molecule has 54 heavy (non-hydrogen) atoms. The molecule has 0 unspecified atom stereocenters. The molecule has 8 rings (SSSR count). The number of nitrogens with zero attached hydrogens (tertiary/aromatic N) is 7. The first-order valence-electron chi connectivity index (χ1n) is 18.9. The molecule has 15 heteroatoms. The number of piperidine rings is 1. The van der Waals surface area contributed by atoms with Gasteiger partial charge < -0.3 is 29.0 Å². The number of hydrogen-bond donors (Lipinski definition) is 2. The summed E-state index contributed by atoms with van der Waals surface area (Å²) in [5, 5.41) is 29.6. The Morgan fingerprint density at radius 1 is 1.19 bits per heavy atom. The largest absolute Gasteiger partial charge is 0.480 e. The number of pyridine rings is 1. The van der Waals surface area contributed by atoms with E-state index in [1.165, 1.54) is 7.11 Å². The lowest BCUT2D eigenvalue weighted by Crippen LogP contribution is -2.60. The van der Waals surface area contributed by atoms with Gasteiger partial charge in [0, 0.05) is 48.7 Å². The third-order valence-corrected chi connectivity index (χ3v) is 12.8. The van der Waals surface area contributed by atoms with Gasteiger partial charge in [-0.25, -0.2) is 9.37 Å². The molecule has 4 aliphatic rings. The Hall–Kier alpha value is -3.87. The highest BCUT2D eigenvalue weighted by Crippen LogP contribution is 2.54. The molecule has 4 aromatic rings. The summed E-state index contributed by atoms with van der Waals surface area (Å²) in [5.41, 5.74) is 0.0813. The maximum atomic E-state index is 17.3. The van der Waals surface area contributed by atoms with Gasteiger partial charge in [-0.05, 0) is 77.0 Å². The second-order valence-electron chi connectivity index (χ2n) is 16.1. The predicted molar refractivity (Wildman–Crippen MR) is 201 cm³/mol. The minimum atomic E-state index is -1.20. The molecule has 0 amide bonds. The van der Waals surface area contributed by atoms with Crippen LogP contribution in [0.3, 0.4) is 0 Å². The Balaban J connectivity index is 1.19. The molecule has 2 aliphatic carbocycles. The Kier molecular flexibility index (Phi) is 9.84. The van der Waals surface area contributed by atoms with Crippen LogP contribution >= 0.6 is 11.6 Å². The zero-order chi connectivity index (χ0) is 37.8. The smallest absolute Gasteiger partial charge is 0.319 e. The van der Waals surface area contributed by atoms with Crippen LogP contribution in [0.5, 0.6) is 11.9 Å². The van der Waals surface area contributed by atoms with Crippen molar-refractivity contribution in [3.05, 3.63) is 28.7 Å². The Labute approximate surface area is 319 Å². The third-order valence-electron chi connectivity index (χ3n) is 12.3. The minimum Gasteiger partial charge on any atom is -0.480 e. The Bertz CT molecular complexity index is 2100. The van der Waals surface area contributed by atoms with Gasteiger partial charge in [0.1, 0.15) is 28.0 Å². The van der Waals surface area contributed by atoms with Gasteiger partial charge in [-0.3, -0.25) is 10.00 Å². The number of aromatic nitrogens is 5. The molecule has 1 aromatic carbocycles. The number of fused-ring (bicyclic) bond motifs is 3. The van der Waals surface area contributed by atoms with Crippen LogP contribution in [0, 0.1) is 34.9 Å². The van der Waals surface area contributed by atoms with Crippen LogP contribution in [0.15, 0.2) is 12.3 Å². The summed E-state index contributed by atoms with van der Waals surface area (Å²) in [6.45, 7) is 6.52. The number of halogens is 2. The number of anilines is 1. The molecule has 2 saturated heterocycles. The zero-order valence-electron chi connectivity index (χ0n) is 31.4. The van der Waals surface area contributed by atoms with Crippen LogP contribution < -0.4 is 14.4 Å². The molecule has 0 spiro atoms. The zero-order valence-corrected chi connectivity index (χ0v) is 32.1. The van der Waals surface area contributed by atoms with Crippen LogP contribution in [0.25, 0.3) is 33.1 Å². The summed E-state index contributed by atoms with van der Waals surface area (Å²) in [6, 6.07) is 5.16. The first-order chi connectivity index (χ1) is 26.0. The number of β-amino-alcohol motifs (C(OH)–C–C–N with tert-alkyl or cyclic N) is 1. The van der Waals surface area contributed by atoms with Crippen molar-refractivity contribution in [3.8, 4) is 29.2 Å². The average molecular weight is 763 g/mol. The fraction of sp³-hybridized carbons (Fsp3) is 0.615.